The monoisotopic (exact) mass is 488 g/mol. The van der Waals surface area contributed by atoms with E-state index >= 15 is 0 Å². The van der Waals surface area contributed by atoms with Crippen molar-refractivity contribution in [2.45, 2.75) is 90.0 Å². The Morgan fingerprint density at radius 2 is 1.34 bits per heavy atom. The fraction of sp³-hybridized carbons (Fsp3) is 0.630. The van der Waals surface area contributed by atoms with Gasteiger partial charge in [0, 0.05) is 60.3 Å². The van der Waals surface area contributed by atoms with E-state index in [1.807, 2.05) is 13.8 Å². The largest absolute Gasteiger partial charge is 0.315 e. The van der Waals surface area contributed by atoms with Crippen LogP contribution in [-0.2, 0) is 13.6 Å². The zero-order valence-corrected chi connectivity index (χ0v) is 21.8. The van der Waals surface area contributed by atoms with Gasteiger partial charge in [-0.2, -0.15) is 0 Å². The van der Waals surface area contributed by atoms with Gasteiger partial charge in [-0.3, -0.25) is 19.4 Å². The normalized spacial score (nSPS) is 22.3. The third kappa shape index (κ3) is 5.00. The third-order valence-electron chi connectivity index (χ3n) is 7.68. The van der Waals surface area contributed by atoms with Crippen molar-refractivity contribution in [1.29, 1.82) is 0 Å². The van der Waals surface area contributed by atoms with Crippen molar-refractivity contribution < 1.29 is 8.78 Å². The van der Waals surface area contributed by atoms with Crippen LogP contribution in [0.4, 0.5) is 8.78 Å². The van der Waals surface area contributed by atoms with Crippen molar-refractivity contribution >= 4 is 0 Å². The van der Waals surface area contributed by atoms with Gasteiger partial charge in [-0.25, -0.2) is 8.78 Å². The molecule has 8 heteroatoms. The second kappa shape index (κ2) is 9.28. The van der Waals surface area contributed by atoms with Gasteiger partial charge in [-0.05, 0) is 85.5 Å². The lowest BCUT2D eigenvalue weighted by atomic mass is 9.97. The minimum absolute atomic E-state index is 0.109. The Bertz CT molecular complexity index is 1210. The molecule has 0 spiro atoms. The van der Waals surface area contributed by atoms with E-state index in [0.29, 0.717) is 17.7 Å². The minimum Gasteiger partial charge on any atom is -0.315 e. The van der Waals surface area contributed by atoms with Crippen LogP contribution < -0.4 is 11.1 Å². The first-order valence-corrected chi connectivity index (χ1v) is 12.6. The van der Waals surface area contributed by atoms with Crippen LogP contribution in [0.25, 0.3) is 0 Å². The highest BCUT2D eigenvalue weighted by Gasteiger charge is 2.40. The van der Waals surface area contributed by atoms with E-state index in [4.69, 9.17) is 0 Å². The van der Waals surface area contributed by atoms with E-state index in [1.165, 1.54) is 33.7 Å². The maximum atomic E-state index is 14.8. The number of hydrogen-bond acceptors (Lipinski definition) is 4. The van der Waals surface area contributed by atoms with Gasteiger partial charge in [-0.15, -0.1) is 0 Å². The molecule has 0 amide bonds. The molecule has 0 bridgehead atoms. The molecule has 2 aromatic heterocycles. The summed E-state index contributed by atoms with van der Waals surface area (Å²) in [6, 6.07) is 2.36. The van der Waals surface area contributed by atoms with E-state index in [-0.39, 0.29) is 35.3 Å². The van der Waals surface area contributed by atoms with Gasteiger partial charge in [0.2, 0.25) is 0 Å². The Hall–Kier alpha value is -2.32. The van der Waals surface area contributed by atoms with Crippen molar-refractivity contribution in [3.8, 4) is 0 Å². The van der Waals surface area contributed by atoms with Crippen molar-refractivity contribution in [2.24, 2.45) is 7.05 Å². The lowest BCUT2D eigenvalue weighted by Crippen LogP contribution is -2.49. The smallest absolute Gasteiger partial charge is 0.255 e. The summed E-state index contributed by atoms with van der Waals surface area (Å²) < 4.78 is 31.8. The summed E-state index contributed by atoms with van der Waals surface area (Å²) in [7, 11) is 1.55. The molecule has 0 saturated carbocycles. The first-order chi connectivity index (χ1) is 16.3. The maximum absolute atomic E-state index is 14.8. The Morgan fingerprint density at radius 1 is 0.829 bits per heavy atom. The van der Waals surface area contributed by atoms with Crippen LogP contribution in [-0.4, -0.2) is 43.1 Å². The number of likely N-dealkylation sites (tertiary alicyclic amines) is 2. The molecule has 2 unspecified atom stereocenters. The molecule has 0 aliphatic carbocycles. The molecule has 6 nitrogen and oxygen atoms in total. The lowest BCUT2D eigenvalue weighted by Gasteiger charge is -2.40. The van der Waals surface area contributed by atoms with Crippen molar-refractivity contribution in [2.75, 3.05) is 13.1 Å². The summed E-state index contributed by atoms with van der Waals surface area (Å²) in [5, 5.41) is 0. The fourth-order valence-electron chi connectivity index (χ4n) is 6.13. The minimum atomic E-state index is -0.563. The molecule has 35 heavy (non-hydrogen) atoms. The van der Waals surface area contributed by atoms with Gasteiger partial charge < -0.3 is 9.13 Å². The molecule has 0 aromatic carbocycles. The van der Waals surface area contributed by atoms with Gasteiger partial charge >= 0.3 is 0 Å². The van der Waals surface area contributed by atoms with Crippen LogP contribution in [0.2, 0.25) is 0 Å². The highest BCUT2D eigenvalue weighted by Crippen LogP contribution is 2.38. The van der Waals surface area contributed by atoms with Crippen molar-refractivity contribution in [3.05, 3.63) is 68.0 Å². The SMILES string of the molecule is Cn1cc(F)cc(C2CCCN2C(C)(C)Cn2cc(F)cc(C3CCCN3C(C)(C)C)c2=O)c1=O. The first kappa shape index (κ1) is 25.8. The quantitative estimate of drug-likeness (QED) is 0.627. The predicted octanol–water partition coefficient (Wildman–Crippen LogP) is 4.38. The molecule has 0 radical (unpaired) electrons. The molecule has 0 N–H and O–H groups in total. The van der Waals surface area contributed by atoms with E-state index in [0.717, 1.165) is 32.2 Å². The van der Waals surface area contributed by atoms with Crippen LogP contribution in [0.15, 0.2) is 34.1 Å². The number of pyridine rings is 2. The first-order valence-electron chi connectivity index (χ1n) is 12.6. The van der Waals surface area contributed by atoms with Gasteiger partial charge in [0.25, 0.3) is 11.1 Å². The van der Waals surface area contributed by atoms with Crippen LogP contribution in [0, 0.1) is 11.6 Å². The number of nitrogens with zero attached hydrogens (tertiary/aromatic N) is 4. The number of hydrogen-bond donors (Lipinski definition) is 0. The van der Waals surface area contributed by atoms with Crippen LogP contribution in [0.1, 0.15) is 83.5 Å². The van der Waals surface area contributed by atoms with Gasteiger partial charge in [0.05, 0.1) is 0 Å². The molecular formula is C27H38F2N4O2. The van der Waals surface area contributed by atoms with Crippen LogP contribution in [0.5, 0.6) is 0 Å². The molecule has 2 saturated heterocycles. The maximum Gasteiger partial charge on any atom is 0.255 e. The topological polar surface area (TPSA) is 50.5 Å². The Balaban J connectivity index is 1.67. The molecule has 192 valence electrons. The molecule has 2 aliphatic heterocycles. The standard InChI is InChI=1S/C27H38F2N4O2/c1-26(2,3)32-11-7-9-22(32)21-14-19(29)16-31(25(21)35)17-27(4,5)33-12-8-10-23(33)20-13-18(28)15-30(6)24(20)34/h13-16,22-23H,7-12,17H2,1-6H3. The Labute approximate surface area is 206 Å². The van der Waals surface area contributed by atoms with E-state index in [9.17, 15) is 18.4 Å². The van der Waals surface area contributed by atoms with E-state index in [1.54, 1.807) is 7.05 Å². The summed E-state index contributed by atoms with van der Waals surface area (Å²) in [6.45, 7) is 12.2. The average Bonchev–Trinajstić information content (AvgIpc) is 3.42. The number of halogens is 2. The van der Waals surface area contributed by atoms with Crippen LogP contribution >= 0.6 is 0 Å². The number of rotatable bonds is 5. The Kier molecular flexibility index (Phi) is 6.83. The summed E-state index contributed by atoms with van der Waals surface area (Å²) in [6.07, 6.45) is 5.87. The number of aryl methyl sites for hydroxylation is 1. The average molecular weight is 489 g/mol. The van der Waals surface area contributed by atoms with Crippen LogP contribution in [0.3, 0.4) is 0 Å². The molecule has 2 aliphatic rings. The summed E-state index contributed by atoms with van der Waals surface area (Å²) in [4.78, 5) is 30.9. The zero-order chi connectivity index (χ0) is 25.7. The van der Waals surface area contributed by atoms with Crippen molar-refractivity contribution in [3.63, 3.8) is 0 Å². The highest BCUT2D eigenvalue weighted by molar-refractivity contribution is 5.21. The van der Waals surface area contributed by atoms with Gasteiger partial charge in [-0.1, -0.05) is 0 Å². The van der Waals surface area contributed by atoms with Crippen molar-refractivity contribution in [1.82, 2.24) is 18.9 Å². The fourth-order valence-corrected chi connectivity index (χ4v) is 6.13. The van der Waals surface area contributed by atoms with E-state index < -0.39 is 17.2 Å². The predicted molar refractivity (Wildman–Crippen MR) is 133 cm³/mol. The van der Waals surface area contributed by atoms with E-state index in [2.05, 4.69) is 30.6 Å². The lowest BCUT2D eigenvalue weighted by molar-refractivity contribution is 0.0852. The summed E-state index contributed by atoms with van der Waals surface area (Å²) in [5.74, 6) is -0.870. The highest BCUT2D eigenvalue weighted by atomic mass is 19.1. The summed E-state index contributed by atoms with van der Waals surface area (Å²) in [5.41, 5.74) is -0.135. The Morgan fingerprint density at radius 3 is 1.94 bits per heavy atom. The molecule has 2 atom stereocenters. The third-order valence-corrected chi connectivity index (χ3v) is 7.68. The molecule has 4 rings (SSSR count). The molecule has 2 aromatic rings. The second-order valence-corrected chi connectivity index (χ2v) is 11.8. The zero-order valence-electron chi connectivity index (χ0n) is 21.8. The molecular weight excluding hydrogens is 450 g/mol. The molecule has 2 fully saturated rings. The van der Waals surface area contributed by atoms with Gasteiger partial charge in [0.1, 0.15) is 11.6 Å². The molecule has 4 heterocycles. The van der Waals surface area contributed by atoms with Gasteiger partial charge in [0.15, 0.2) is 0 Å². The summed E-state index contributed by atoms with van der Waals surface area (Å²) >= 11 is 0. The second-order valence-electron chi connectivity index (χ2n) is 11.8. The number of aromatic nitrogens is 2.